The molecule has 0 radical (unpaired) electrons. The van der Waals surface area contributed by atoms with E-state index in [2.05, 4.69) is 15.6 Å². The second-order valence-corrected chi connectivity index (χ2v) is 7.22. The van der Waals surface area contributed by atoms with Gasteiger partial charge in [0.2, 0.25) is 5.88 Å². The number of aromatic nitrogens is 1. The van der Waals surface area contributed by atoms with Gasteiger partial charge in [0.25, 0.3) is 0 Å². The molecule has 2 aromatic heterocycles. The number of benzene rings is 2. The molecule has 7 nitrogen and oxygen atoms in total. The average Bonchev–Trinajstić information content (AvgIpc) is 3.25. The van der Waals surface area contributed by atoms with Crippen molar-refractivity contribution in [2.24, 2.45) is 0 Å². The lowest BCUT2D eigenvalue weighted by atomic mass is 10.2. The lowest BCUT2D eigenvalue weighted by Gasteiger charge is -2.13. The fraction of sp³-hybridized carbons (Fsp3) is 0.200. The molecule has 2 amide bonds. The fourth-order valence-corrected chi connectivity index (χ4v) is 3.21. The Labute approximate surface area is 186 Å². The zero-order valence-electron chi connectivity index (χ0n) is 18.0. The Balaban J connectivity index is 1.29. The summed E-state index contributed by atoms with van der Waals surface area (Å²) < 4.78 is 17.2. The minimum absolute atomic E-state index is 0.262. The fourth-order valence-electron chi connectivity index (χ4n) is 3.21. The number of hydrogen-bond donors (Lipinski definition) is 2. The molecule has 164 valence electrons. The van der Waals surface area contributed by atoms with E-state index in [1.54, 1.807) is 12.3 Å². The number of amides is 2. The summed E-state index contributed by atoms with van der Waals surface area (Å²) >= 11 is 0. The smallest absolute Gasteiger partial charge is 0.315 e. The number of furan rings is 1. The number of carbonyl (C=O) groups excluding carboxylic acids is 1. The third-order valence-corrected chi connectivity index (χ3v) is 4.83. The van der Waals surface area contributed by atoms with Gasteiger partial charge in [-0.05, 0) is 43.7 Å². The molecule has 0 bridgehead atoms. The molecule has 2 N–H and O–H groups in total. The van der Waals surface area contributed by atoms with Gasteiger partial charge in [0, 0.05) is 24.2 Å². The number of urea groups is 1. The van der Waals surface area contributed by atoms with Gasteiger partial charge in [0.1, 0.15) is 11.3 Å². The zero-order valence-corrected chi connectivity index (χ0v) is 18.0. The Hall–Kier alpha value is -4.00. The van der Waals surface area contributed by atoms with Crippen molar-refractivity contribution >= 4 is 17.0 Å². The molecule has 0 saturated heterocycles. The first kappa shape index (κ1) is 21.2. The van der Waals surface area contributed by atoms with Crippen LogP contribution in [0.5, 0.6) is 17.4 Å². The Morgan fingerprint density at radius 3 is 2.59 bits per heavy atom. The largest absolute Gasteiger partial charge is 0.490 e. The number of nitrogens with zero attached hydrogens (tertiary/aromatic N) is 1. The van der Waals surface area contributed by atoms with E-state index in [9.17, 15) is 4.79 Å². The van der Waals surface area contributed by atoms with Crippen molar-refractivity contribution in [3.05, 3.63) is 84.3 Å². The summed E-state index contributed by atoms with van der Waals surface area (Å²) in [7, 11) is 0. The van der Waals surface area contributed by atoms with Crippen LogP contribution in [0.25, 0.3) is 11.0 Å². The van der Waals surface area contributed by atoms with Crippen LogP contribution in [0.3, 0.4) is 0 Å². The Bertz CT molecular complexity index is 1150. The predicted octanol–water partition coefficient (Wildman–Crippen LogP) is 5.58. The maximum atomic E-state index is 12.3. The van der Waals surface area contributed by atoms with Crippen LogP contribution in [0.2, 0.25) is 0 Å². The highest BCUT2D eigenvalue weighted by atomic mass is 16.5. The maximum absolute atomic E-state index is 12.3. The first-order valence-corrected chi connectivity index (χ1v) is 10.5. The van der Waals surface area contributed by atoms with Gasteiger partial charge < -0.3 is 24.5 Å². The van der Waals surface area contributed by atoms with Crippen LogP contribution >= 0.6 is 0 Å². The summed E-state index contributed by atoms with van der Waals surface area (Å²) in [5, 5.41) is 6.73. The molecule has 0 fully saturated rings. The van der Waals surface area contributed by atoms with Crippen LogP contribution < -0.4 is 20.1 Å². The molecule has 0 aliphatic heterocycles. The van der Waals surface area contributed by atoms with Crippen molar-refractivity contribution in [1.82, 2.24) is 15.6 Å². The van der Waals surface area contributed by atoms with Crippen LogP contribution in [0.4, 0.5) is 4.79 Å². The number of para-hydroxylation sites is 3. The molecule has 4 rings (SSSR count). The summed E-state index contributed by atoms with van der Waals surface area (Å²) in [6.45, 7) is 4.69. The van der Waals surface area contributed by atoms with Crippen molar-refractivity contribution in [3.8, 4) is 17.4 Å². The van der Waals surface area contributed by atoms with E-state index < -0.39 is 0 Å². The molecule has 4 aromatic rings. The van der Waals surface area contributed by atoms with E-state index in [1.165, 1.54) is 0 Å². The van der Waals surface area contributed by atoms with E-state index in [0.717, 1.165) is 16.5 Å². The van der Waals surface area contributed by atoms with Crippen molar-refractivity contribution in [1.29, 1.82) is 0 Å². The van der Waals surface area contributed by atoms with Crippen LogP contribution in [0.15, 0.2) is 77.3 Å². The number of fused-ring (bicyclic) bond motifs is 1. The second-order valence-electron chi connectivity index (χ2n) is 7.22. The van der Waals surface area contributed by atoms with Gasteiger partial charge >= 0.3 is 6.03 Å². The number of pyridine rings is 1. The molecule has 2 heterocycles. The topological polar surface area (TPSA) is 85.6 Å². The number of rotatable bonds is 8. The lowest BCUT2D eigenvalue weighted by molar-refractivity contribution is 0.236. The van der Waals surface area contributed by atoms with Crippen molar-refractivity contribution in [2.75, 3.05) is 6.61 Å². The molecular weight excluding hydrogens is 406 g/mol. The number of carbonyl (C=O) groups is 1. The summed E-state index contributed by atoms with van der Waals surface area (Å²) in [6, 6.07) is 20.2. The molecule has 0 aliphatic carbocycles. The second kappa shape index (κ2) is 9.87. The van der Waals surface area contributed by atoms with Crippen LogP contribution in [-0.2, 0) is 6.54 Å². The summed E-state index contributed by atoms with van der Waals surface area (Å²) in [5.74, 6) is 2.42. The molecule has 2 aromatic carbocycles. The third-order valence-electron chi connectivity index (χ3n) is 4.83. The summed E-state index contributed by atoms with van der Waals surface area (Å²) in [4.78, 5) is 16.6. The van der Waals surface area contributed by atoms with Gasteiger partial charge in [-0.2, -0.15) is 0 Å². The number of nitrogens with one attached hydrogen (secondary N) is 2. The number of hydrogen-bond acceptors (Lipinski definition) is 5. The van der Waals surface area contributed by atoms with Gasteiger partial charge in [-0.15, -0.1) is 0 Å². The van der Waals surface area contributed by atoms with Crippen molar-refractivity contribution in [2.45, 2.75) is 26.4 Å². The zero-order chi connectivity index (χ0) is 22.3. The molecule has 0 spiro atoms. The minimum atomic E-state index is -0.288. The molecule has 1 unspecified atom stereocenters. The van der Waals surface area contributed by atoms with Crippen LogP contribution in [-0.4, -0.2) is 17.6 Å². The average molecular weight is 431 g/mol. The molecule has 0 saturated carbocycles. The first-order chi connectivity index (χ1) is 15.6. The van der Waals surface area contributed by atoms with Crippen LogP contribution in [0, 0.1) is 0 Å². The quantitative estimate of drug-likeness (QED) is 0.380. The lowest BCUT2D eigenvalue weighted by Crippen LogP contribution is -2.36. The molecule has 32 heavy (non-hydrogen) atoms. The normalized spacial score (nSPS) is 11.7. The Morgan fingerprint density at radius 1 is 1.06 bits per heavy atom. The summed E-state index contributed by atoms with van der Waals surface area (Å²) in [6.07, 6.45) is 1.67. The first-order valence-electron chi connectivity index (χ1n) is 10.5. The van der Waals surface area contributed by atoms with E-state index in [1.807, 2.05) is 74.5 Å². The summed E-state index contributed by atoms with van der Waals surface area (Å²) in [5.41, 5.74) is 1.65. The van der Waals surface area contributed by atoms with E-state index >= 15 is 0 Å². The SMILES string of the molecule is CCOc1ccccc1Oc1ccc(CNC(=O)NC(C)c2cc3ccccc3o2)cn1. The minimum Gasteiger partial charge on any atom is -0.490 e. The van der Waals surface area contributed by atoms with Gasteiger partial charge in [-0.1, -0.05) is 36.4 Å². The monoisotopic (exact) mass is 431 g/mol. The van der Waals surface area contributed by atoms with Crippen LogP contribution in [0.1, 0.15) is 31.2 Å². The highest BCUT2D eigenvalue weighted by Gasteiger charge is 2.14. The van der Waals surface area contributed by atoms with E-state index in [-0.39, 0.29) is 12.1 Å². The molecule has 7 heteroatoms. The maximum Gasteiger partial charge on any atom is 0.315 e. The van der Waals surface area contributed by atoms with Gasteiger partial charge in [0.15, 0.2) is 11.5 Å². The van der Waals surface area contributed by atoms with Gasteiger partial charge in [-0.3, -0.25) is 0 Å². The van der Waals surface area contributed by atoms with Gasteiger partial charge in [0.05, 0.1) is 12.6 Å². The van der Waals surface area contributed by atoms with E-state index in [4.69, 9.17) is 13.9 Å². The van der Waals surface area contributed by atoms with Gasteiger partial charge in [-0.25, -0.2) is 9.78 Å². The molecule has 1 atom stereocenters. The standard InChI is InChI=1S/C25H25N3O4/c1-3-30-21-10-6-7-11-22(21)32-24-13-12-18(15-26-24)16-27-25(29)28-17(2)23-14-19-8-4-5-9-20(19)31-23/h4-15,17H,3,16H2,1-2H3,(H2,27,28,29). The Kier molecular flexibility index (Phi) is 6.55. The molecule has 0 aliphatic rings. The third kappa shape index (κ3) is 5.18. The molecular formula is C25H25N3O4. The number of ether oxygens (including phenoxy) is 2. The van der Waals surface area contributed by atoms with Crippen molar-refractivity contribution < 1.29 is 18.7 Å². The Morgan fingerprint density at radius 2 is 1.84 bits per heavy atom. The van der Waals surface area contributed by atoms with E-state index in [0.29, 0.717) is 36.3 Å². The predicted molar refractivity (Wildman–Crippen MR) is 122 cm³/mol. The van der Waals surface area contributed by atoms with Crippen molar-refractivity contribution in [3.63, 3.8) is 0 Å². The highest BCUT2D eigenvalue weighted by Crippen LogP contribution is 2.30. The highest BCUT2D eigenvalue weighted by molar-refractivity contribution is 5.78.